The number of halogens is 1. The highest BCUT2D eigenvalue weighted by molar-refractivity contribution is 7.12. The Morgan fingerprint density at radius 1 is 1.00 bits per heavy atom. The number of carbonyl (C=O) groups excluding carboxylic acids is 3. The normalized spacial score (nSPS) is 14.6. The van der Waals surface area contributed by atoms with Gasteiger partial charge in [-0.05, 0) is 30.0 Å². The van der Waals surface area contributed by atoms with Crippen LogP contribution in [0.1, 0.15) is 26.5 Å². The summed E-state index contributed by atoms with van der Waals surface area (Å²) in [5.74, 6) is -1.38. The maximum atomic E-state index is 13.8. The Bertz CT molecular complexity index is 825. The van der Waals surface area contributed by atoms with Gasteiger partial charge in [-0.25, -0.2) is 4.39 Å². The van der Waals surface area contributed by atoms with E-state index in [0.717, 1.165) is 0 Å². The van der Waals surface area contributed by atoms with Crippen molar-refractivity contribution in [1.29, 1.82) is 0 Å². The van der Waals surface area contributed by atoms with Crippen LogP contribution in [0.15, 0.2) is 41.8 Å². The SMILES string of the molecule is O=C(NCC(=O)N1CCCN(C(=O)c2ccccc2F)CC1)c1cccs1. The molecule has 1 fully saturated rings. The van der Waals surface area contributed by atoms with Gasteiger partial charge < -0.3 is 15.1 Å². The van der Waals surface area contributed by atoms with Crippen LogP contribution < -0.4 is 5.32 Å². The van der Waals surface area contributed by atoms with Crippen molar-refractivity contribution in [3.05, 3.63) is 58.0 Å². The molecule has 0 spiro atoms. The third-order valence-electron chi connectivity index (χ3n) is 4.39. The van der Waals surface area contributed by atoms with Gasteiger partial charge in [-0.1, -0.05) is 18.2 Å². The van der Waals surface area contributed by atoms with Gasteiger partial charge >= 0.3 is 0 Å². The van der Waals surface area contributed by atoms with Gasteiger partial charge in [-0.15, -0.1) is 11.3 Å². The van der Waals surface area contributed by atoms with Crippen molar-refractivity contribution < 1.29 is 18.8 Å². The van der Waals surface area contributed by atoms with E-state index in [-0.39, 0.29) is 29.8 Å². The Balaban J connectivity index is 1.53. The third kappa shape index (κ3) is 4.71. The van der Waals surface area contributed by atoms with Gasteiger partial charge in [-0.3, -0.25) is 14.4 Å². The van der Waals surface area contributed by atoms with Crippen molar-refractivity contribution in [2.75, 3.05) is 32.7 Å². The molecular formula is C19H20FN3O3S. The summed E-state index contributed by atoms with van der Waals surface area (Å²) in [6.07, 6.45) is 0.602. The van der Waals surface area contributed by atoms with E-state index >= 15 is 0 Å². The van der Waals surface area contributed by atoms with Gasteiger partial charge in [0.2, 0.25) is 5.91 Å². The lowest BCUT2D eigenvalue weighted by molar-refractivity contribution is -0.129. The maximum Gasteiger partial charge on any atom is 0.261 e. The van der Waals surface area contributed by atoms with Crippen LogP contribution in [-0.4, -0.2) is 60.2 Å². The average Bonchev–Trinajstić information content (AvgIpc) is 3.10. The average molecular weight is 389 g/mol. The summed E-state index contributed by atoms with van der Waals surface area (Å²) < 4.78 is 13.8. The van der Waals surface area contributed by atoms with Crippen LogP contribution in [0.5, 0.6) is 0 Å². The van der Waals surface area contributed by atoms with E-state index in [9.17, 15) is 18.8 Å². The molecule has 6 nitrogen and oxygen atoms in total. The molecular weight excluding hydrogens is 369 g/mol. The summed E-state index contributed by atoms with van der Waals surface area (Å²) in [6, 6.07) is 9.36. The number of carbonyl (C=O) groups is 3. The zero-order valence-electron chi connectivity index (χ0n) is 14.7. The number of hydrogen-bond acceptors (Lipinski definition) is 4. The summed E-state index contributed by atoms with van der Waals surface area (Å²) in [4.78, 5) is 40.6. The minimum atomic E-state index is -0.545. The van der Waals surface area contributed by atoms with Crippen molar-refractivity contribution in [1.82, 2.24) is 15.1 Å². The summed E-state index contributed by atoms with van der Waals surface area (Å²) in [6.45, 7) is 1.55. The molecule has 0 unspecified atom stereocenters. The minimum absolute atomic E-state index is 0.0421. The van der Waals surface area contributed by atoms with Crippen LogP contribution in [0.3, 0.4) is 0 Å². The van der Waals surface area contributed by atoms with E-state index in [1.54, 1.807) is 39.4 Å². The highest BCUT2D eigenvalue weighted by Crippen LogP contribution is 2.13. The number of benzene rings is 1. The molecule has 0 saturated carbocycles. The monoisotopic (exact) mass is 389 g/mol. The fourth-order valence-electron chi connectivity index (χ4n) is 2.94. The van der Waals surface area contributed by atoms with Crippen LogP contribution in [-0.2, 0) is 4.79 Å². The Morgan fingerprint density at radius 2 is 1.74 bits per heavy atom. The second kappa shape index (κ2) is 8.77. The summed E-state index contributed by atoms with van der Waals surface area (Å²) >= 11 is 1.31. The predicted octanol–water partition coefficient (Wildman–Crippen LogP) is 1.99. The first-order valence-electron chi connectivity index (χ1n) is 8.69. The molecule has 2 aromatic rings. The number of nitrogens with one attached hydrogen (secondary N) is 1. The number of rotatable bonds is 4. The van der Waals surface area contributed by atoms with Gasteiger partial charge in [0.15, 0.2) is 0 Å². The first kappa shape index (κ1) is 19.0. The molecule has 1 aromatic heterocycles. The summed E-state index contributed by atoms with van der Waals surface area (Å²) in [5, 5.41) is 4.42. The molecule has 0 aliphatic carbocycles. The van der Waals surface area contributed by atoms with Crippen LogP contribution >= 0.6 is 11.3 Å². The van der Waals surface area contributed by atoms with Crippen LogP contribution in [0.25, 0.3) is 0 Å². The van der Waals surface area contributed by atoms with Gasteiger partial charge in [0.05, 0.1) is 17.0 Å². The molecule has 1 aromatic carbocycles. The Morgan fingerprint density at radius 3 is 2.48 bits per heavy atom. The van der Waals surface area contributed by atoms with E-state index in [1.165, 1.54) is 23.5 Å². The molecule has 0 radical (unpaired) electrons. The molecule has 0 atom stereocenters. The fraction of sp³-hybridized carbons (Fsp3) is 0.316. The molecule has 1 aliphatic heterocycles. The molecule has 142 valence electrons. The zero-order chi connectivity index (χ0) is 19.2. The minimum Gasteiger partial charge on any atom is -0.342 e. The van der Waals surface area contributed by atoms with Crippen molar-refractivity contribution in [3.8, 4) is 0 Å². The Kier molecular flexibility index (Phi) is 6.18. The van der Waals surface area contributed by atoms with E-state index in [0.29, 0.717) is 37.5 Å². The molecule has 1 aliphatic rings. The van der Waals surface area contributed by atoms with Gasteiger partial charge in [-0.2, -0.15) is 0 Å². The van der Waals surface area contributed by atoms with Gasteiger partial charge in [0.25, 0.3) is 11.8 Å². The molecule has 0 bridgehead atoms. The topological polar surface area (TPSA) is 69.7 Å². The third-order valence-corrected chi connectivity index (χ3v) is 5.25. The molecule has 3 rings (SSSR count). The maximum absolute atomic E-state index is 13.8. The second-order valence-electron chi connectivity index (χ2n) is 6.17. The van der Waals surface area contributed by atoms with Crippen LogP contribution in [0.4, 0.5) is 4.39 Å². The molecule has 2 heterocycles. The summed E-state index contributed by atoms with van der Waals surface area (Å²) in [5.41, 5.74) is 0.0421. The number of hydrogen-bond donors (Lipinski definition) is 1. The number of amides is 3. The van der Waals surface area contributed by atoms with Crippen molar-refractivity contribution in [3.63, 3.8) is 0 Å². The van der Waals surface area contributed by atoms with Crippen LogP contribution in [0.2, 0.25) is 0 Å². The van der Waals surface area contributed by atoms with Crippen molar-refractivity contribution in [2.45, 2.75) is 6.42 Å². The fourth-order valence-corrected chi connectivity index (χ4v) is 3.58. The lowest BCUT2D eigenvalue weighted by Crippen LogP contribution is -2.42. The number of thiophene rings is 1. The summed E-state index contributed by atoms with van der Waals surface area (Å²) in [7, 11) is 0. The molecule has 27 heavy (non-hydrogen) atoms. The first-order valence-corrected chi connectivity index (χ1v) is 9.57. The molecule has 1 saturated heterocycles. The molecule has 8 heteroatoms. The van der Waals surface area contributed by atoms with Gasteiger partial charge in [0, 0.05) is 26.2 Å². The second-order valence-corrected chi connectivity index (χ2v) is 7.11. The van der Waals surface area contributed by atoms with E-state index in [4.69, 9.17) is 0 Å². The Hall–Kier alpha value is -2.74. The first-order chi connectivity index (χ1) is 13.1. The highest BCUT2D eigenvalue weighted by atomic mass is 32.1. The largest absolute Gasteiger partial charge is 0.342 e. The van der Waals surface area contributed by atoms with Crippen molar-refractivity contribution in [2.24, 2.45) is 0 Å². The Labute approximate surface area is 160 Å². The zero-order valence-corrected chi connectivity index (χ0v) is 15.5. The molecule has 3 amide bonds. The highest BCUT2D eigenvalue weighted by Gasteiger charge is 2.24. The molecule has 1 N–H and O–H groups in total. The van der Waals surface area contributed by atoms with E-state index < -0.39 is 5.82 Å². The quantitative estimate of drug-likeness (QED) is 0.870. The standard InChI is InChI=1S/C19H20FN3O3S/c20-15-6-2-1-5-14(15)19(26)23-9-4-8-22(10-11-23)17(24)13-21-18(25)16-7-3-12-27-16/h1-3,5-7,12H,4,8-11,13H2,(H,21,25). The lowest BCUT2D eigenvalue weighted by atomic mass is 10.2. The van der Waals surface area contributed by atoms with E-state index in [1.807, 2.05) is 0 Å². The lowest BCUT2D eigenvalue weighted by Gasteiger charge is -2.22. The van der Waals surface area contributed by atoms with E-state index in [2.05, 4.69) is 5.32 Å². The number of nitrogens with zero attached hydrogens (tertiary/aromatic N) is 2. The van der Waals surface area contributed by atoms with Crippen molar-refractivity contribution >= 4 is 29.1 Å². The smallest absolute Gasteiger partial charge is 0.261 e. The predicted molar refractivity (Wildman–Crippen MR) is 100 cm³/mol. The van der Waals surface area contributed by atoms with Gasteiger partial charge in [0.1, 0.15) is 5.82 Å². The van der Waals surface area contributed by atoms with Crippen LogP contribution in [0, 0.1) is 5.82 Å².